The number of hydrogen-bond donors (Lipinski definition) is 1. The molecule has 1 N–H and O–H groups in total. The number of fused-ring (bicyclic) bond motifs is 1. The van der Waals surface area contributed by atoms with Crippen LogP contribution in [0.1, 0.15) is 24.4 Å². The van der Waals surface area contributed by atoms with Crippen molar-refractivity contribution < 1.29 is 19.1 Å². The number of rotatable bonds is 7. The molecule has 0 aliphatic carbocycles. The van der Waals surface area contributed by atoms with Gasteiger partial charge >= 0.3 is 12.1 Å². The first-order valence-electron chi connectivity index (χ1n) is 9.01. The van der Waals surface area contributed by atoms with Crippen LogP contribution in [0.25, 0.3) is 10.2 Å². The highest BCUT2D eigenvalue weighted by Crippen LogP contribution is 2.22. The van der Waals surface area contributed by atoms with Crippen molar-refractivity contribution in [3.05, 3.63) is 65.2 Å². The molecule has 2 aromatic carbocycles. The first-order valence-corrected chi connectivity index (χ1v) is 9.83. The molecule has 0 saturated heterocycles. The zero-order valence-corrected chi connectivity index (χ0v) is 16.6. The summed E-state index contributed by atoms with van der Waals surface area (Å²) in [7, 11) is 0. The Bertz CT molecular complexity index is 907. The molecule has 1 atom stereocenters. The van der Waals surface area contributed by atoms with Crippen molar-refractivity contribution in [3.63, 3.8) is 0 Å². The van der Waals surface area contributed by atoms with Crippen molar-refractivity contribution in [2.75, 3.05) is 0 Å². The molecule has 28 heavy (non-hydrogen) atoms. The molecule has 146 valence electrons. The summed E-state index contributed by atoms with van der Waals surface area (Å²) in [5, 5.41) is 3.31. The monoisotopic (exact) mass is 398 g/mol. The minimum Gasteiger partial charge on any atom is -0.457 e. The van der Waals surface area contributed by atoms with Crippen molar-refractivity contribution in [2.45, 2.75) is 33.1 Å². The molecule has 0 aliphatic rings. The molecule has 0 spiro atoms. The Morgan fingerprint density at radius 3 is 2.43 bits per heavy atom. The van der Waals surface area contributed by atoms with Crippen LogP contribution in [-0.2, 0) is 27.5 Å². The summed E-state index contributed by atoms with van der Waals surface area (Å²) in [4.78, 5) is 29.0. The molecule has 1 amide bonds. The lowest BCUT2D eigenvalue weighted by atomic mass is 10.1. The van der Waals surface area contributed by atoms with Gasteiger partial charge < -0.3 is 14.8 Å². The Balaban J connectivity index is 1.53. The molecule has 0 aliphatic heterocycles. The molecule has 1 aromatic heterocycles. The molecule has 3 rings (SSSR count). The number of alkyl carbamates (subject to hydrolysis) is 1. The van der Waals surface area contributed by atoms with Crippen LogP contribution >= 0.6 is 11.3 Å². The third-order valence-electron chi connectivity index (χ3n) is 4.08. The van der Waals surface area contributed by atoms with Gasteiger partial charge in [-0.3, -0.25) is 0 Å². The summed E-state index contributed by atoms with van der Waals surface area (Å²) in [5.74, 6) is -0.655. The maximum Gasteiger partial charge on any atom is 0.408 e. The second-order valence-corrected chi connectivity index (χ2v) is 7.73. The highest BCUT2D eigenvalue weighted by atomic mass is 32.1. The van der Waals surface area contributed by atoms with E-state index >= 15 is 0 Å². The third-order valence-corrected chi connectivity index (χ3v) is 5.09. The van der Waals surface area contributed by atoms with E-state index in [4.69, 9.17) is 9.47 Å². The number of nitrogens with one attached hydrogen (secondary N) is 1. The Morgan fingerprint density at radius 1 is 1.00 bits per heavy atom. The zero-order valence-electron chi connectivity index (χ0n) is 15.8. The first-order chi connectivity index (χ1) is 13.5. The Morgan fingerprint density at radius 2 is 1.71 bits per heavy atom. The molecular formula is C21H22N2O4S. The average molecular weight is 398 g/mol. The molecular weight excluding hydrogens is 376 g/mol. The van der Waals surface area contributed by atoms with Crippen molar-refractivity contribution >= 4 is 33.6 Å². The number of ether oxygens (including phenoxy) is 2. The SMILES string of the molecule is CC(C)[C@H](NC(=O)OCc1ccccc1)C(=O)OCc1nc2ccccc2s1. The fourth-order valence-electron chi connectivity index (χ4n) is 2.59. The molecule has 0 radical (unpaired) electrons. The number of amides is 1. The molecule has 3 aromatic rings. The quantitative estimate of drug-likeness (QED) is 0.601. The summed E-state index contributed by atoms with van der Waals surface area (Å²) >= 11 is 1.48. The topological polar surface area (TPSA) is 77.5 Å². The van der Waals surface area contributed by atoms with Crippen LogP contribution in [0.5, 0.6) is 0 Å². The molecule has 1 heterocycles. The number of thiazole rings is 1. The van der Waals surface area contributed by atoms with Crippen LogP contribution in [0.2, 0.25) is 0 Å². The fraction of sp³-hybridized carbons (Fsp3) is 0.286. The second-order valence-electron chi connectivity index (χ2n) is 6.61. The number of esters is 1. The minimum absolute atomic E-state index is 0.0716. The number of carbonyl (C=O) groups is 2. The van der Waals surface area contributed by atoms with E-state index in [0.717, 1.165) is 15.8 Å². The van der Waals surface area contributed by atoms with Gasteiger partial charge in [-0.15, -0.1) is 11.3 Å². The van der Waals surface area contributed by atoms with Crippen LogP contribution in [0.15, 0.2) is 54.6 Å². The number of carbonyl (C=O) groups excluding carboxylic acids is 2. The number of benzene rings is 2. The van der Waals surface area contributed by atoms with E-state index in [1.807, 2.05) is 68.4 Å². The van der Waals surface area contributed by atoms with Crippen LogP contribution in [0.3, 0.4) is 0 Å². The number of para-hydroxylation sites is 1. The number of hydrogen-bond acceptors (Lipinski definition) is 6. The van der Waals surface area contributed by atoms with Crippen LogP contribution in [0, 0.1) is 5.92 Å². The summed E-state index contributed by atoms with van der Waals surface area (Å²) < 4.78 is 11.6. The van der Waals surface area contributed by atoms with Gasteiger partial charge in [0.1, 0.15) is 24.3 Å². The summed E-state index contributed by atoms with van der Waals surface area (Å²) in [6, 6.07) is 16.3. The minimum atomic E-state index is -0.794. The largest absolute Gasteiger partial charge is 0.457 e. The summed E-state index contributed by atoms with van der Waals surface area (Å²) in [6.45, 7) is 3.88. The second kappa shape index (κ2) is 9.32. The van der Waals surface area contributed by atoms with Gasteiger partial charge in [0.05, 0.1) is 10.2 Å². The average Bonchev–Trinajstić information content (AvgIpc) is 3.12. The lowest BCUT2D eigenvalue weighted by Crippen LogP contribution is -2.45. The molecule has 0 fully saturated rings. The Hall–Kier alpha value is -2.93. The van der Waals surface area contributed by atoms with Crippen molar-refractivity contribution in [1.29, 1.82) is 0 Å². The molecule has 0 unspecified atom stereocenters. The summed E-state index contributed by atoms with van der Waals surface area (Å²) in [6.07, 6.45) is -0.653. The van der Waals surface area contributed by atoms with Gasteiger partial charge in [-0.05, 0) is 23.6 Å². The standard InChI is InChI=1S/C21H22N2O4S/c1-14(2)19(23-21(25)27-12-15-8-4-3-5-9-15)20(24)26-13-18-22-16-10-6-7-11-17(16)28-18/h3-11,14,19H,12-13H2,1-2H3,(H,23,25)/t19-/m0/s1. The van der Waals surface area contributed by atoms with Gasteiger partial charge in [0.25, 0.3) is 0 Å². The van der Waals surface area contributed by atoms with E-state index in [-0.39, 0.29) is 19.1 Å². The van der Waals surface area contributed by atoms with Gasteiger partial charge in [-0.25, -0.2) is 14.6 Å². The predicted octanol–water partition coefficient (Wildman–Crippen LogP) is 4.29. The first kappa shape index (κ1) is 19.8. The number of aromatic nitrogens is 1. The van der Waals surface area contributed by atoms with E-state index < -0.39 is 18.1 Å². The fourth-order valence-corrected chi connectivity index (χ4v) is 3.47. The summed E-state index contributed by atoms with van der Waals surface area (Å²) in [5.41, 5.74) is 1.75. The van der Waals surface area contributed by atoms with E-state index in [2.05, 4.69) is 10.3 Å². The van der Waals surface area contributed by atoms with Crippen molar-refractivity contribution in [1.82, 2.24) is 10.3 Å². The van der Waals surface area contributed by atoms with Crippen molar-refractivity contribution in [2.24, 2.45) is 5.92 Å². The molecule has 0 saturated carbocycles. The van der Waals surface area contributed by atoms with Crippen LogP contribution in [0.4, 0.5) is 4.79 Å². The van der Waals surface area contributed by atoms with Crippen molar-refractivity contribution in [3.8, 4) is 0 Å². The maximum absolute atomic E-state index is 12.5. The van der Waals surface area contributed by atoms with Crippen LogP contribution in [-0.4, -0.2) is 23.1 Å². The van der Waals surface area contributed by atoms with E-state index in [9.17, 15) is 9.59 Å². The highest BCUT2D eigenvalue weighted by molar-refractivity contribution is 7.18. The predicted molar refractivity (Wildman–Crippen MR) is 108 cm³/mol. The van der Waals surface area contributed by atoms with Gasteiger partial charge in [-0.1, -0.05) is 56.3 Å². The third kappa shape index (κ3) is 5.29. The van der Waals surface area contributed by atoms with Gasteiger partial charge in [0.2, 0.25) is 0 Å². The normalized spacial score (nSPS) is 12.0. The van der Waals surface area contributed by atoms with Crippen LogP contribution < -0.4 is 5.32 Å². The smallest absolute Gasteiger partial charge is 0.408 e. The maximum atomic E-state index is 12.5. The van der Waals surface area contributed by atoms with Gasteiger partial charge in [-0.2, -0.15) is 0 Å². The highest BCUT2D eigenvalue weighted by Gasteiger charge is 2.26. The molecule has 0 bridgehead atoms. The lowest BCUT2D eigenvalue weighted by molar-refractivity contribution is -0.148. The lowest BCUT2D eigenvalue weighted by Gasteiger charge is -2.20. The van der Waals surface area contributed by atoms with Gasteiger partial charge in [0, 0.05) is 0 Å². The zero-order chi connectivity index (χ0) is 19.9. The van der Waals surface area contributed by atoms with E-state index in [1.165, 1.54) is 11.3 Å². The Labute approximate surface area is 167 Å². The van der Waals surface area contributed by atoms with E-state index in [1.54, 1.807) is 0 Å². The Kier molecular flexibility index (Phi) is 6.60. The molecule has 6 nitrogen and oxygen atoms in total. The number of nitrogens with zero attached hydrogens (tertiary/aromatic N) is 1. The van der Waals surface area contributed by atoms with Gasteiger partial charge in [0.15, 0.2) is 0 Å². The van der Waals surface area contributed by atoms with E-state index in [0.29, 0.717) is 5.01 Å². The molecule has 7 heteroatoms.